The van der Waals surface area contributed by atoms with Crippen LogP contribution in [-0.2, 0) is 0 Å². The molecule has 124 valence electrons. The molecule has 0 bridgehead atoms. The molecule has 0 heterocycles. The van der Waals surface area contributed by atoms with Crippen LogP contribution in [0.5, 0.6) is 0 Å². The lowest BCUT2D eigenvalue weighted by Gasteiger charge is -2.52. The first-order chi connectivity index (χ1) is 9.86. The molecule has 2 aliphatic rings. The van der Waals surface area contributed by atoms with Crippen LogP contribution in [0.15, 0.2) is 0 Å². The fourth-order valence-corrected chi connectivity index (χ4v) is 4.89. The lowest BCUT2D eigenvalue weighted by molar-refractivity contribution is -0.121. The third-order valence-corrected chi connectivity index (χ3v) is 6.80. The number of nitrogens with two attached hydrogens (primary N) is 1. The molecule has 0 aromatic heterocycles. The summed E-state index contributed by atoms with van der Waals surface area (Å²) in [6.45, 7) is 7.67. The van der Waals surface area contributed by atoms with Gasteiger partial charge in [-0.25, -0.2) is 0 Å². The molecule has 2 unspecified atom stereocenters. The molecule has 0 saturated heterocycles. The summed E-state index contributed by atoms with van der Waals surface area (Å²) in [5, 5.41) is 11.5. The number of hydrogen-bond acceptors (Lipinski definition) is 2. The first-order valence-corrected chi connectivity index (χ1v) is 9.29. The summed E-state index contributed by atoms with van der Waals surface area (Å²) in [6, 6.07) is 0. The van der Waals surface area contributed by atoms with E-state index in [1.54, 1.807) is 0 Å². The van der Waals surface area contributed by atoms with Gasteiger partial charge < -0.3 is 10.8 Å². The van der Waals surface area contributed by atoms with E-state index in [9.17, 15) is 5.11 Å². The van der Waals surface area contributed by atoms with Crippen LogP contribution < -0.4 is 5.73 Å². The molecule has 0 radical (unpaired) electrons. The highest BCUT2D eigenvalue weighted by atomic mass is 16.3. The van der Waals surface area contributed by atoms with Crippen molar-refractivity contribution < 1.29 is 5.11 Å². The molecule has 0 aromatic rings. The molecule has 0 amide bonds. The fourth-order valence-electron chi connectivity index (χ4n) is 4.89. The summed E-state index contributed by atoms with van der Waals surface area (Å²) in [4.78, 5) is 0. The Morgan fingerprint density at radius 3 is 2.24 bits per heavy atom. The zero-order chi connectivity index (χ0) is 15.6. The predicted octanol–water partition coefficient (Wildman–Crippen LogP) is 4.64. The Balaban J connectivity index is 2.09. The van der Waals surface area contributed by atoms with E-state index in [0.717, 1.165) is 31.6 Å². The van der Waals surface area contributed by atoms with E-state index in [-0.39, 0.29) is 5.41 Å². The molecule has 2 heteroatoms. The van der Waals surface area contributed by atoms with Crippen molar-refractivity contribution in [3.63, 3.8) is 0 Å². The van der Waals surface area contributed by atoms with Crippen LogP contribution in [0.4, 0.5) is 0 Å². The molecule has 2 rings (SSSR count). The first kappa shape index (κ1) is 17.3. The minimum absolute atomic E-state index is 0.0103. The second-order valence-corrected chi connectivity index (χ2v) is 8.77. The van der Waals surface area contributed by atoms with Crippen molar-refractivity contribution in [3.05, 3.63) is 0 Å². The van der Waals surface area contributed by atoms with E-state index in [1.165, 1.54) is 44.9 Å². The van der Waals surface area contributed by atoms with Crippen molar-refractivity contribution in [2.45, 2.75) is 97.0 Å². The highest BCUT2D eigenvalue weighted by molar-refractivity contribution is 5.04. The minimum Gasteiger partial charge on any atom is -0.389 e. The van der Waals surface area contributed by atoms with E-state index in [2.05, 4.69) is 20.8 Å². The zero-order valence-corrected chi connectivity index (χ0v) is 14.6. The first-order valence-electron chi connectivity index (χ1n) is 9.29. The van der Waals surface area contributed by atoms with Crippen LogP contribution in [0.2, 0.25) is 0 Å². The highest BCUT2D eigenvalue weighted by Gasteiger charge is 2.51. The maximum absolute atomic E-state index is 11.5. The van der Waals surface area contributed by atoms with Gasteiger partial charge in [0, 0.05) is 12.0 Å². The monoisotopic (exact) mass is 295 g/mol. The van der Waals surface area contributed by atoms with E-state index in [1.807, 2.05) is 0 Å². The summed E-state index contributed by atoms with van der Waals surface area (Å²) in [7, 11) is 0. The van der Waals surface area contributed by atoms with Crippen molar-refractivity contribution >= 4 is 0 Å². The van der Waals surface area contributed by atoms with Gasteiger partial charge in [-0.05, 0) is 56.3 Å². The highest BCUT2D eigenvalue weighted by Crippen LogP contribution is 2.54. The van der Waals surface area contributed by atoms with Gasteiger partial charge in [0.05, 0.1) is 5.60 Å². The summed E-state index contributed by atoms with van der Waals surface area (Å²) in [5.74, 6) is 0.832. The Bertz CT molecular complexity index is 328. The second-order valence-electron chi connectivity index (χ2n) is 8.77. The smallest absolute Gasteiger partial charge is 0.0715 e. The predicted molar refractivity (Wildman–Crippen MR) is 90.2 cm³/mol. The van der Waals surface area contributed by atoms with Crippen molar-refractivity contribution in [2.75, 3.05) is 6.54 Å². The molecule has 2 saturated carbocycles. The third kappa shape index (κ3) is 3.64. The lowest BCUT2D eigenvalue weighted by atomic mass is 9.56. The van der Waals surface area contributed by atoms with Crippen molar-refractivity contribution in [1.29, 1.82) is 0 Å². The van der Waals surface area contributed by atoms with Crippen LogP contribution >= 0.6 is 0 Å². The average Bonchev–Trinajstić information content (AvgIpc) is 2.63. The normalized spacial score (nSPS) is 36.1. The number of rotatable bonds is 4. The summed E-state index contributed by atoms with van der Waals surface area (Å²) < 4.78 is 0. The minimum atomic E-state index is -0.499. The molecule has 2 aliphatic carbocycles. The Morgan fingerprint density at radius 1 is 1.00 bits per heavy atom. The molecule has 3 N–H and O–H groups in total. The molecule has 21 heavy (non-hydrogen) atoms. The van der Waals surface area contributed by atoms with Crippen LogP contribution in [0.3, 0.4) is 0 Å². The van der Waals surface area contributed by atoms with E-state index in [0.29, 0.717) is 12.0 Å². The van der Waals surface area contributed by atoms with Crippen molar-refractivity contribution in [1.82, 2.24) is 0 Å². The quantitative estimate of drug-likeness (QED) is 0.742. The van der Waals surface area contributed by atoms with Gasteiger partial charge in [0.15, 0.2) is 0 Å². The third-order valence-electron chi connectivity index (χ3n) is 6.80. The topological polar surface area (TPSA) is 46.2 Å². The van der Waals surface area contributed by atoms with Gasteiger partial charge >= 0.3 is 0 Å². The molecular weight excluding hydrogens is 258 g/mol. The van der Waals surface area contributed by atoms with Crippen molar-refractivity contribution in [2.24, 2.45) is 22.5 Å². The van der Waals surface area contributed by atoms with Gasteiger partial charge in [0.1, 0.15) is 0 Å². The number of hydrogen-bond donors (Lipinski definition) is 2. The Hall–Kier alpha value is -0.0800. The van der Waals surface area contributed by atoms with Crippen molar-refractivity contribution in [3.8, 4) is 0 Å². The fraction of sp³-hybridized carbons (Fsp3) is 1.00. The molecule has 0 aromatic carbocycles. The van der Waals surface area contributed by atoms with Gasteiger partial charge in [-0.1, -0.05) is 46.5 Å². The van der Waals surface area contributed by atoms with E-state index in [4.69, 9.17) is 5.73 Å². The Kier molecular flexibility index (Phi) is 5.41. The molecule has 0 aliphatic heterocycles. The summed E-state index contributed by atoms with van der Waals surface area (Å²) in [6.07, 6.45) is 12.9. The molecule has 2 fully saturated rings. The SMILES string of the molecule is CCCC1CCCC(O)(C2(CN)CCC(C)(C)CC2)CC1. The van der Waals surface area contributed by atoms with Gasteiger partial charge in [0.25, 0.3) is 0 Å². The van der Waals surface area contributed by atoms with E-state index >= 15 is 0 Å². The van der Waals surface area contributed by atoms with Crippen LogP contribution in [0, 0.1) is 16.7 Å². The summed E-state index contributed by atoms with van der Waals surface area (Å²) >= 11 is 0. The number of aliphatic hydroxyl groups is 1. The second kappa shape index (κ2) is 6.58. The maximum Gasteiger partial charge on any atom is 0.0715 e. The molecule has 0 spiro atoms. The average molecular weight is 296 g/mol. The standard InChI is InChI=1S/C19H37NO/c1-4-6-16-7-5-9-19(21,10-8-16)18(15-20)13-11-17(2,3)12-14-18/h16,21H,4-15,20H2,1-3H3. The zero-order valence-electron chi connectivity index (χ0n) is 14.6. The Labute approximate surface area is 131 Å². The maximum atomic E-state index is 11.5. The largest absolute Gasteiger partial charge is 0.389 e. The molecular formula is C19H37NO. The van der Waals surface area contributed by atoms with Gasteiger partial charge in [-0.2, -0.15) is 0 Å². The van der Waals surface area contributed by atoms with Crippen LogP contribution in [0.25, 0.3) is 0 Å². The van der Waals surface area contributed by atoms with E-state index < -0.39 is 5.60 Å². The Morgan fingerprint density at radius 2 is 1.67 bits per heavy atom. The molecule has 2 nitrogen and oxygen atoms in total. The van der Waals surface area contributed by atoms with Crippen LogP contribution in [-0.4, -0.2) is 17.3 Å². The van der Waals surface area contributed by atoms with Crippen LogP contribution in [0.1, 0.15) is 91.4 Å². The summed E-state index contributed by atoms with van der Waals surface area (Å²) in [5.41, 5.74) is 6.15. The lowest BCUT2D eigenvalue weighted by Crippen LogP contribution is -2.54. The van der Waals surface area contributed by atoms with Gasteiger partial charge in [-0.3, -0.25) is 0 Å². The van der Waals surface area contributed by atoms with Gasteiger partial charge in [-0.15, -0.1) is 0 Å². The van der Waals surface area contributed by atoms with Gasteiger partial charge in [0.2, 0.25) is 0 Å². The molecule has 2 atom stereocenters.